The number of hydrogen-bond donors (Lipinski definition) is 1. The van der Waals surface area contributed by atoms with Crippen molar-refractivity contribution in [2.75, 3.05) is 37.1 Å². The molecule has 7 nitrogen and oxygen atoms in total. The van der Waals surface area contributed by atoms with E-state index >= 15 is 0 Å². The number of carbonyl (C=O) groups is 2. The van der Waals surface area contributed by atoms with Crippen LogP contribution in [0.1, 0.15) is 13.8 Å². The number of nitrogens with one attached hydrogen (secondary N) is 1. The number of carbonyl (C=O) groups excluding carboxylic acids is 2. The maximum absolute atomic E-state index is 12.2. The van der Waals surface area contributed by atoms with Crippen LogP contribution in [0.5, 0.6) is 17.2 Å². The van der Waals surface area contributed by atoms with Crippen LogP contribution in [0.25, 0.3) is 0 Å². The standard InChI is InChI=1S/C21H24N2O5/c1-14(2)11-23-16-9-8-15(10-19(16)28-13-21(23)25)22-20(24)12-27-18-7-5-4-6-17(18)26-3/h4-10,14H,11-13H2,1-3H3,(H,22,24). The van der Waals surface area contributed by atoms with Crippen molar-refractivity contribution >= 4 is 23.2 Å². The maximum atomic E-state index is 12.2. The lowest BCUT2D eigenvalue weighted by atomic mass is 10.1. The molecule has 148 valence electrons. The van der Waals surface area contributed by atoms with E-state index in [-0.39, 0.29) is 25.0 Å². The van der Waals surface area contributed by atoms with Gasteiger partial charge in [0.1, 0.15) is 5.75 Å². The molecular formula is C21H24N2O5. The molecule has 0 fully saturated rings. The van der Waals surface area contributed by atoms with Gasteiger partial charge in [-0.15, -0.1) is 0 Å². The molecule has 0 bridgehead atoms. The first-order valence-corrected chi connectivity index (χ1v) is 9.11. The van der Waals surface area contributed by atoms with Gasteiger partial charge in [-0.25, -0.2) is 0 Å². The Bertz CT molecular complexity index is 866. The second kappa shape index (κ2) is 8.65. The highest BCUT2D eigenvalue weighted by Gasteiger charge is 2.26. The minimum atomic E-state index is -0.309. The molecule has 2 aromatic rings. The Labute approximate surface area is 164 Å². The zero-order valence-corrected chi connectivity index (χ0v) is 16.2. The summed E-state index contributed by atoms with van der Waals surface area (Å²) in [7, 11) is 1.54. The molecule has 0 radical (unpaired) electrons. The lowest BCUT2D eigenvalue weighted by Gasteiger charge is -2.31. The molecule has 2 aromatic carbocycles. The van der Waals surface area contributed by atoms with Crippen LogP contribution in [-0.4, -0.2) is 38.7 Å². The molecular weight excluding hydrogens is 360 g/mol. The predicted molar refractivity (Wildman–Crippen MR) is 106 cm³/mol. The third-order valence-electron chi connectivity index (χ3n) is 4.16. The van der Waals surface area contributed by atoms with Crippen molar-refractivity contribution < 1.29 is 23.8 Å². The molecule has 0 aromatic heterocycles. The van der Waals surface area contributed by atoms with Crippen LogP contribution < -0.4 is 24.4 Å². The molecule has 0 atom stereocenters. The van der Waals surface area contributed by atoms with Gasteiger partial charge < -0.3 is 24.4 Å². The number of fused-ring (bicyclic) bond motifs is 1. The Morgan fingerprint density at radius 3 is 2.68 bits per heavy atom. The van der Waals surface area contributed by atoms with Crippen molar-refractivity contribution in [2.24, 2.45) is 5.92 Å². The summed E-state index contributed by atoms with van der Waals surface area (Å²) >= 11 is 0. The summed E-state index contributed by atoms with van der Waals surface area (Å²) < 4.78 is 16.3. The van der Waals surface area contributed by atoms with E-state index in [0.29, 0.717) is 41.1 Å². The highest BCUT2D eigenvalue weighted by molar-refractivity contribution is 5.99. The van der Waals surface area contributed by atoms with Gasteiger partial charge in [0, 0.05) is 18.3 Å². The van der Waals surface area contributed by atoms with E-state index < -0.39 is 0 Å². The summed E-state index contributed by atoms with van der Waals surface area (Å²) in [6.45, 7) is 4.56. The van der Waals surface area contributed by atoms with E-state index in [1.54, 1.807) is 48.4 Å². The molecule has 3 rings (SSSR count). The Hall–Kier alpha value is -3.22. The fourth-order valence-corrected chi connectivity index (χ4v) is 2.93. The summed E-state index contributed by atoms with van der Waals surface area (Å²) in [6, 6.07) is 12.4. The van der Waals surface area contributed by atoms with Crippen LogP contribution in [0.3, 0.4) is 0 Å². The van der Waals surface area contributed by atoms with Crippen LogP contribution >= 0.6 is 0 Å². The van der Waals surface area contributed by atoms with Gasteiger partial charge in [-0.3, -0.25) is 9.59 Å². The fraction of sp³-hybridized carbons (Fsp3) is 0.333. The molecule has 7 heteroatoms. The summed E-state index contributed by atoms with van der Waals surface area (Å²) in [5.41, 5.74) is 1.29. The number of methoxy groups -OCH3 is 1. The normalized spacial score (nSPS) is 13.0. The van der Waals surface area contributed by atoms with Crippen LogP contribution in [0, 0.1) is 5.92 Å². The largest absolute Gasteiger partial charge is 0.493 e. The van der Waals surface area contributed by atoms with Gasteiger partial charge in [0.2, 0.25) is 0 Å². The number of para-hydroxylation sites is 2. The van der Waals surface area contributed by atoms with E-state index in [9.17, 15) is 9.59 Å². The molecule has 0 unspecified atom stereocenters. The number of hydrogen-bond acceptors (Lipinski definition) is 5. The molecule has 1 heterocycles. The van der Waals surface area contributed by atoms with Crippen molar-refractivity contribution in [3.63, 3.8) is 0 Å². The van der Waals surface area contributed by atoms with Crippen LogP contribution in [0.4, 0.5) is 11.4 Å². The van der Waals surface area contributed by atoms with Gasteiger partial charge in [-0.2, -0.15) is 0 Å². The van der Waals surface area contributed by atoms with Gasteiger partial charge in [-0.1, -0.05) is 26.0 Å². The SMILES string of the molecule is COc1ccccc1OCC(=O)Nc1ccc2c(c1)OCC(=O)N2CC(C)C. The van der Waals surface area contributed by atoms with E-state index in [1.165, 1.54) is 0 Å². The first kappa shape index (κ1) is 19.5. The molecule has 1 aliphatic heterocycles. The first-order valence-electron chi connectivity index (χ1n) is 9.11. The summed E-state index contributed by atoms with van der Waals surface area (Å²) in [4.78, 5) is 26.1. The summed E-state index contributed by atoms with van der Waals surface area (Å²) in [5, 5.41) is 2.78. The van der Waals surface area contributed by atoms with Crippen molar-refractivity contribution in [1.29, 1.82) is 0 Å². The topological polar surface area (TPSA) is 77.1 Å². The minimum Gasteiger partial charge on any atom is -0.493 e. The van der Waals surface area contributed by atoms with E-state index in [4.69, 9.17) is 14.2 Å². The van der Waals surface area contributed by atoms with Gasteiger partial charge in [0.25, 0.3) is 11.8 Å². The number of anilines is 2. The Morgan fingerprint density at radius 1 is 1.21 bits per heavy atom. The molecule has 28 heavy (non-hydrogen) atoms. The molecule has 0 spiro atoms. The van der Waals surface area contributed by atoms with Crippen LogP contribution in [-0.2, 0) is 9.59 Å². The highest BCUT2D eigenvalue weighted by atomic mass is 16.5. The fourth-order valence-electron chi connectivity index (χ4n) is 2.93. The van der Waals surface area contributed by atoms with E-state index in [2.05, 4.69) is 19.2 Å². The third-order valence-corrected chi connectivity index (χ3v) is 4.16. The molecule has 0 saturated heterocycles. The average molecular weight is 384 g/mol. The lowest BCUT2D eigenvalue weighted by Crippen LogP contribution is -2.40. The van der Waals surface area contributed by atoms with E-state index in [1.807, 2.05) is 6.07 Å². The monoisotopic (exact) mass is 384 g/mol. The van der Waals surface area contributed by atoms with Crippen LogP contribution in [0.2, 0.25) is 0 Å². The van der Waals surface area contributed by atoms with Gasteiger partial charge in [0.15, 0.2) is 24.7 Å². The molecule has 0 saturated carbocycles. The Morgan fingerprint density at radius 2 is 1.96 bits per heavy atom. The Kier molecular flexibility index (Phi) is 6.03. The second-order valence-electron chi connectivity index (χ2n) is 6.86. The molecule has 0 aliphatic carbocycles. The van der Waals surface area contributed by atoms with Crippen molar-refractivity contribution in [3.05, 3.63) is 42.5 Å². The number of rotatable bonds is 7. The number of amides is 2. The van der Waals surface area contributed by atoms with E-state index in [0.717, 1.165) is 0 Å². The van der Waals surface area contributed by atoms with Gasteiger partial charge in [0.05, 0.1) is 12.8 Å². The zero-order valence-electron chi connectivity index (χ0n) is 16.2. The van der Waals surface area contributed by atoms with Gasteiger partial charge in [-0.05, 0) is 30.2 Å². The molecule has 2 amide bonds. The zero-order chi connectivity index (χ0) is 20.1. The smallest absolute Gasteiger partial charge is 0.265 e. The summed E-state index contributed by atoms with van der Waals surface area (Å²) in [6.07, 6.45) is 0. The van der Waals surface area contributed by atoms with Crippen molar-refractivity contribution in [3.8, 4) is 17.2 Å². The Balaban J connectivity index is 1.65. The minimum absolute atomic E-state index is 0.00592. The quantitative estimate of drug-likeness (QED) is 0.794. The third kappa shape index (κ3) is 4.54. The first-order chi connectivity index (χ1) is 13.5. The highest BCUT2D eigenvalue weighted by Crippen LogP contribution is 2.35. The predicted octanol–water partition coefficient (Wildman–Crippen LogP) is 3.09. The number of nitrogens with zero attached hydrogens (tertiary/aromatic N) is 1. The maximum Gasteiger partial charge on any atom is 0.265 e. The number of benzene rings is 2. The molecule has 1 aliphatic rings. The van der Waals surface area contributed by atoms with Gasteiger partial charge >= 0.3 is 0 Å². The van der Waals surface area contributed by atoms with Crippen molar-refractivity contribution in [2.45, 2.75) is 13.8 Å². The second-order valence-corrected chi connectivity index (χ2v) is 6.86. The molecule has 1 N–H and O–H groups in total. The van der Waals surface area contributed by atoms with Crippen molar-refractivity contribution in [1.82, 2.24) is 0 Å². The number of ether oxygens (including phenoxy) is 3. The lowest BCUT2D eigenvalue weighted by molar-refractivity contribution is -0.121. The summed E-state index contributed by atoms with van der Waals surface area (Å²) in [5.74, 6) is 1.59. The van der Waals surface area contributed by atoms with Crippen LogP contribution in [0.15, 0.2) is 42.5 Å². The average Bonchev–Trinajstić information content (AvgIpc) is 2.68.